The first kappa shape index (κ1) is 14.4. The van der Waals surface area contributed by atoms with E-state index in [1.165, 1.54) is 6.39 Å². The Morgan fingerprint density at radius 1 is 1.41 bits per heavy atom. The molecule has 0 saturated heterocycles. The van der Waals surface area contributed by atoms with Gasteiger partial charge in [0.15, 0.2) is 6.39 Å². The summed E-state index contributed by atoms with van der Waals surface area (Å²) in [4.78, 5) is 16.0. The van der Waals surface area contributed by atoms with Crippen molar-refractivity contribution in [3.8, 4) is 11.5 Å². The van der Waals surface area contributed by atoms with Crippen molar-refractivity contribution in [1.29, 1.82) is 0 Å². The van der Waals surface area contributed by atoms with Gasteiger partial charge < -0.3 is 19.2 Å². The van der Waals surface area contributed by atoms with E-state index in [9.17, 15) is 4.79 Å². The van der Waals surface area contributed by atoms with Crippen LogP contribution in [0.2, 0.25) is 0 Å². The van der Waals surface area contributed by atoms with Gasteiger partial charge in [-0.15, -0.1) is 0 Å². The first-order valence-electron chi connectivity index (χ1n) is 7.10. The van der Waals surface area contributed by atoms with Crippen LogP contribution in [-0.4, -0.2) is 25.1 Å². The van der Waals surface area contributed by atoms with Crippen molar-refractivity contribution in [3.63, 3.8) is 0 Å². The van der Waals surface area contributed by atoms with Crippen LogP contribution in [0.25, 0.3) is 0 Å². The number of hydrogen-bond acceptors (Lipinski definition) is 5. The number of aromatic nitrogens is 1. The first-order valence-corrected chi connectivity index (χ1v) is 7.10. The number of methoxy groups -OCH3 is 2. The second kappa shape index (κ2) is 6.09. The Kier molecular flexibility index (Phi) is 4.00. The van der Waals surface area contributed by atoms with Crippen LogP contribution in [0.5, 0.6) is 11.5 Å². The minimum absolute atomic E-state index is 0.0197. The summed E-state index contributed by atoms with van der Waals surface area (Å²) in [6.07, 6.45) is 3.75. The van der Waals surface area contributed by atoms with E-state index in [0.29, 0.717) is 12.3 Å². The standard InChI is InChI=1S/C16H18N2O4/c1-20-10-3-4-15(21-2)13(5-10)12-6-14(12)16(19)18-8-11-7-17-9-22-11/h3-5,7,9,12,14H,6,8H2,1-2H3,(H,18,19)/t12-,14+/m0/s1. The molecule has 0 bridgehead atoms. The molecular formula is C16H18N2O4. The smallest absolute Gasteiger partial charge is 0.224 e. The minimum atomic E-state index is -0.0380. The monoisotopic (exact) mass is 302 g/mol. The third kappa shape index (κ3) is 2.90. The molecular weight excluding hydrogens is 284 g/mol. The number of nitrogens with one attached hydrogen (secondary N) is 1. The lowest BCUT2D eigenvalue weighted by Crippen LogP contribution is -2.24. The Balaban J connectivity index is 1.64. The van der Waals surface area contributed by atoms with Crippen molar-refractivity contribution in [2.24, 2.45) is 5.92 Å². The zero-order chi connectivity index (χ0) is 15.5. The van der Waals surface area contributed by atoms with Gasteiger partial charge in [0.2, 0.25) is 5.91 Å². The number of carbonyl (C=O) groups is 1. The van der Waals surface area contributed by atoms with Crippen molar-refractivity contribution < 1.29 is 18.7 Å². The molecule has 1 aromatic carbocycles. The molecule has 1 heterocycles. The Labute approximate surface area is 128 Å². The van der Waals surface area contributed by atoms with E-state index in [-0.39, 0.29) is 17.7 Å². The molecule has 0 radical (unpaired) electrons. The first-order chi connectivity index (χ1) is 10.7. The number of nitrogens with zero attached hydrogens (tertiary/aromatic N) is 1. The predicted octanol–water partition coefficient (Wildman–Crippen LogP) is 2.11. The Morgan fingerprint density at radius 3 is 2.95 bits per heavy atom. The maximum absolute atomic E-state index is 12.2. The summed E-state index contributed by atoms with van der Waals surface area (Å²) in [7, 11) is 3.26. The van der Waals surface area contributed by atoms with Gasteiger partial charge in [0, 0.05) is 17.4 Å². The zero-order valence-electron chi connectivity index (χ0n) is 12.5. The highest BCUT2D eigenvalue weighted by Crippen LogP contribution is 2.51. The molecule has 6 heteroatoms. The van der Waals surface area contributed by atoms with Crippen molar-refractivity contribution in [3.05, 3.63) is 42.1 Å². The number of benzene rings is 1. The summed E-state index contributed by atoms with van der Waals surface area (Å²) in [6, 6.07) is 5.66. The third-order valence-electron chi connectivity index (χ3n) is 3.88. The maximum atomic E-state index is 12.2. The van der Waals surface area contributed by atoms with Crippen LogP contribution in [0.4, 0.5) is 0 Å². The molecule has 22 heavy (non-hydrogen) atoms. The molecule has 116 valence electrons. The van der Waals surface area contributed by atoms with E-state index < -0.39 is 0 Å². The third-order valence-corrected chi connectivity index (χ3v) is 3.88. The summed E-state index contributed by atoms with van der Waals surface area (Å²) in [6.45, 7) is 0.358. The van der Waals surface area contributed by atoms with Crippen LogP contribution < -0.4 is 14.8 Å². The van der Waals surface area contributed by atoms with Gasteiger partial charge >= 0.3 is 0 Å². The van der Waals surface area contributed by atoms with E-state index in [4.69, 9.17) is 13.9 Å². The van der Waals surface area contributed by atoms with Crippen molar-refractivity contribution in [2.45, 2.75) is 18.9 Å². The molecule has 3 rings (SSSR count). The van der Waals surface area contributed by atoms with Crippen molar-refractivity contribution in [1.82, 2.24) is 10.3 Å². The van der Waals surface area contributed by atoms with Gasteiger partial charge in [-0.1, -0.05) is 0 Å². The molecule has 2 atom stereocenters. The number of hydrogen-bond donors (Lipinski definition) is 1. The van der Waals surface area contributed by atoms with Crippen LogP contribution in [0.15, 0.2) is 35.2 Å². The SMILES string of the molecule is COc1ccc(OC)c([C@@H]2C[C@H]2C(=O)NCc2cnco2)c1. The summed E-state index contributed by atoms with van der Waals surface area (Å²) >= 11 is 0. The Bertz CT molecular complexity index is 654. The predicted molar refractivity (Wildman–Crippen MR) is 78.7 cm³/mol. The molecule has 1 aliphatic rings. The molecule has 2 aromatic rings. The van der Waals surface area contributed by atoms with Crippen LogP contribution >= 0.6 is 0 Å². The summed E-state index contributed by atoms with van der Waals surface area (Å²) in [5.41, 5.74) is 1.02. The van der Waals surface area contributed by atoms with E-state index >= 15 is 0 Å². The topological polar surface area (TPSA) is 73.6 Å². The van der Waals surface area contributed by atoms with Crippen molar-refractivity contribution in [2.75, 3.05) is 14.2 Å². The van der Waals surface area contributed by atoms with E-state index in [2.05, 4.69) is 10.3 Å². The van der Waals surface area contributed by atoms with Crippen molar-refractivity contribution >= 4 is 5.91 Å². The fraction of sp³-hybridized carbons (Fsp3) is 0.375. The van der Waals surface area contributed by atoms with Gasteiger partial charge in [0.1, 0.15) is 17.3 Å². The molecule has 0 aliphatic heterocycles. The molecule has 1 aromatic heterocycles. The number of ether oxygens (including phenoxy) is 2. The molecule has 0 unspecified atom stereocenters. The highest BCUT2D eigenvalue weighted by atomic mass is 16.5. The van der Waals surface area contributed by atoms with E-state index in [1.807, 2.05) is 18.2 Å². The van der Waals surface area contributed by atoms with Crippen LogP contribution in [0.3, 0.4) is 0 Å². The minimum Gasteiger partial charge on any atom is -0.497 e. The Morgan fingerprint density at radius 2 is 2.27 bits per heavy atom. The average Bonchev–Trinajstić information content (AvgIpc) is 3.18. The number of rotatable bonds is 6. The molecule has 1 N–H and O–H groups in total. The highest BCUT2D eigenvalue weighted by Gasteiger charge is 2.45. The van der Waals surface area contributed by atoms with Gasteiger partial charge in [-0.25, -0.2) is 4.98 Å². The lowest BCUT2D eigenvalue weighted by atomic mass is 10.1. The van der Waals surface area contributed by atoms with E-state index in [1.54, 1.807) is 20.4 Å². The molecule has 1 amide bonds. The number of carbonyl (C=O) groups excluding carboxylic acids is 1. The maximum Gasteiger partial charge on any atom is 0.224 e. The second-order valence-corrected chi connectivity index (χ2v) is 5.24. The van der Waals surface area contributed by atoms with Crippen LogP contribution in [-0.2, 0) is 11.3 Å². The highest BCUT2D eigenvalue weighted by molar-refractivity contribution is 5.83. The Hall–Kier alpha value is -2.50. The molecule has 1 aliphatic carbocycles. The molecule has 0 spiro atoms. The van der Waals surface area contributed by atoms with Gasteiger partial charge in [-0.3, -0.25) is 4.79 Å². The normalized spacial score (nSPS) is 19.5. The van der Waals surface area contributed by atoms with Gasteiger partial charge in [-0.05, 0) is 24.6 Å². The fourth-order valence-corrected chi connectivity index (χ4v) is 2.59. The molecule has 6 nitrogen and oxygen atoms in total. The van der Waals surface area contributed by atoms with Crippen LogP contribution in [0, 0.1) is 5.92 Å². The van der Waals surface area contributed by atoms with Gasteiger partial charge in [-0.2, -0.15) is 0 Å². The summed E-state index contributed by atoms with van der Waals surface area (Å²) < 4.78 is 15.7. The molecule has 1 fully saturated rings. The fourth-order valence-electron chi connectivity index (χ4n) is 2.59. The average molecular weight is 302 g/mol. The summed E-state index contributed by atoms with van der Waals surface area (Å²) in [5, 5.41) is 2.87. The summed E-state index contributed by atoms with van der Waals surface area (Å²) in [5.74, 6) is 2.35. The second-order valence-electron chi connectivity index (χ2n) is 5.24. The largest absolute Gasteiger partial charge is 0.497 e. The number of amides is 1. The van der Waals surface area contributed by atoms with E-state index in [0.717, 1.165) is 23.5 Å². The van der Waals surface area contributed by atoms with Crippen LogP contribution in [0.1, 0.15) is 23.7 Å². The van der Waals surface area contributed by atoms with Gasteiger partial charge in [0.25, 0.3) is 0 Å². The molecule has 1 saturated carbocycles. The lowest BCUT2D eigenvalue weighted by Gasteiger charge is -2.10. The van der Waals surface area contributed by atoms with Gasteiger partial charge in [0.05, 0.1) is 27.0 Å². The quantitative estimate of drug-likeness (QED) is 0.884. The zero-order valence-corrected chi connectivity index (χ0v) is 12.5. The number of oxazole rings is 1. The lowest BCUT2D eigenvalue weighted by molar-refractivity contribution is -0.122.